The third kappa shape index (κ3) is 3.17. The Labute approximate surface area is 127 Å². The largest absolute Gasteiger partial charge is 0.486 e. The molecule has 0 fully saturated rings. The van der Waals surface area contributed by atoms with Crippen molar-refractivity contribution in [3.8, 4) is 11.5 Å². The minimum absolute atomic E-state index is 0.297. The van der Waals surface area contributed by atoms with Gasteiger partial charge >= 0.3 is 0 Å². The van der Waals surface area contributed by atoms with Crippen LogP contribution in [0.3, 0.4) is 0 Å². The fourth-order valence-corrected chi connectivity index (χ4v) is 2.00. The molecule has 0 atom stereocenters. The fourth-order valence-electron chi connectivity index (χ4n) is 2.00. The lowest BCUT2D eigenvalue weighted by atomic mass is 10.2. The molecule has 1 aliphatic rings. The Balaban J connectivity index is 1.64. The van der Waals surface area contributed by atoms with E-state index in [1.54, 1.807) is 30.5 Å². The highest BCUT2D eigenvalue weighted by atomic mass is 16.6. The molecule has 0 aromatic heterocycles. The van der Waals surface area contributed by atoms with Gasteiger partial charge in [-0.05, 0) is 48.0 Å². The van der Waals surface area contributed by atoms with Crippen LogP contribution < -0.4 is 20.6 Å². The first-order valence-corrected chi connectivity index (χ1v) is 6.81. The van der Waals surface area contributed by atoms with Crippen molar-refractivity contribution in [1.29, 1.82) is 0 Å². The highest BCUT2D eigenvalue weighted by Gasteiger charge is 2.11. The third-order valence-electron chi connectivity index (χ3n) is 3.12. The molecule has 1 heterocycles. The first-order chi connectivity index (χ1) is 10.7. The van der Waals surface area contributed by atoms with Crippen LogP contribution in [0, 0.1) is 0 Å². The van der Waals surface area contributed by atoms with Crippen LogP contribution in [0.2, 0.25) is 0 Å². The van der Waals surface area contributed by atoms with Crippen molar-refractivity contribution in [3.05, 3.63) is 53.6 Å². The number of hydrazone groups is 1. The van der Waals surface area contributed by atoms with E-state index >= 15 is 0 Å². The molecule has 6 heteroatoms. The van der Waals surface area contributed by atoms with Gasteiger partial charge in [-0.2, -0.15) is 5.10 Å². The van der Waals surface area contributed by atoms with Gasteiger partial charge in [-0.1, -0.05) is 0 Å². The maximum absolute atomic E-state index is 11.9. The Morgan fingerprint density at radius 2 is 1.82 bits per heavy atom. The van der Waals surface area contributed by atoms with Crippen LogP contribution in [-0.4, -0.2) is 25.3 Å². The van der Waals surface area contributed by atoms with Crippen molar-refractivity contribution in [2.45, 2.75) is 0 Å². The standard InChI is InChI=1S/C16H15N3O3/c17-13-4-2-12(3-5-13)16(20)19-18-10-11-1-6-14-15(9-11)22-8-7-21-14/h1-6,9-10H,7-8,17H2,(H,19,20)/b18-10+. The van der Waals surface area contributed by atoms with Crippen LogP contribution in [0.4, 0.5) is 5.69 Å². The normalized spacial score (nSPS) is 13.1. The number of amides is 1. The Kier molecular flexibility index (Phi) is 3.91. The second-order valence-electron chi connectivity index (χ2n) is 4.72. The SMILES string of the molecule is Nc1ccc(C(=O)N/N=C/c2ccc3c(c2)OCCO3)cc1. The number of hydrogen-bond acceptors (Lipinski definition) is 5. The molecular weight excluding hydrogens is 282 g/mol. The summed E-state index contributed by atoms with van der Waals surface area (Å²) < 4.78 is 10.9. The molecule has 0 bridgehead atoms. The number of anilines is 1. The zero-order valence-corrected chi connectivity index (χ0v) is 11.8. The van der Waals surface area contributed by atoms with Gasteiger partial charge in [0.2, 0.25) is 0 Å². The molecule has 0 saturated heterocycles. The van der Waals surface area contributed by atoms with Gasteiger partial charge in [-0.25, -0.2) is 5.43 Å². The van der Waals surface area contributed by atoms with E-state index in [1.807, 2.05) is 18.2 Å². The van der Waals surface area contributed by atoms with Crippen LogP contribution in [-0.2, 0) is 0 Å². The van der Waals surface area contributed by atoms with E-state index in [0.29, 0.717) is 36.0 Å². The van der Waals surface area contributed by atoms with E-state index in [2.05, 4.69) is 10.5 Å². The summed E-state index contributed by atoms with van der Waals surface area (Å²) >= 11 is 0. The van der Waals surface area contributed by atoms with E-state index in [-0.39, 0.29) is 5.91 Å². The summed E-state index contributed by atoms with van der Waals surface area (Å²) in [5.74, 6) is 1.10. The lowest BCUT2D eigenvalue weighted by Crippen LogP contribution is -2.17. The van der Waals surface area contributed by atoms with Crippen molar-refractivity contribution in [2.24, 2.45) is 5.10 Å². The molecule has 2 aromatic rings. The lowest BCUT2D eigenvalue weighted by Gasteiger charge is -2.18. The highest BCUT2D eigenvalue weighted by molar-refractivity contribution is 5.95. The summed E-state index contributed by atoms with van der Waals surface area (Å²) in [7, 11) is 0. The van der Waals surface area contributed by atoms with E-state index in [1.165, 1.54) is 0 Å². The smallest absolute Gasteiger partial charge is 0.271 e. The number of rotatable bonds is 3. The predicted octanol–water partition coefficient (Wildman–Crippen LogP) is 1.80. The van der Waals surface area contributed by atoms with Crippen LogP contribution in [0.15, 0.2) is 47.6 Å². The molecule has 1 amide bonds. The fraction of sp³-hybridized carbons (Fsp3) is 0.125. The average molecular weight is 297 g/mol. The number of fused-ring (bicyclic) bond motifs is 1. The highest BCUT2D eigenvalue weighted by Crippen LogP contribution is 2.30. The number of hydrogen-bond donors (Lipinski definition) is 2. The number of nitrogens with two attached hydrogens (primary N) is 1. The van der Waals surface area contributed by atoms with Crippen molar-refractivity contribution < 1.29 is 14.3 Å². The molecule has 3 N–H and O–H groups in total. The predicted molar refractivity (Wildman–Crippen MR) is 83.3 cm³/mol. The summed E-state index contributed by atoms with van der Waals surface area (Å²) in [6.45, 7) is 1.08. The summed E-state index contributed by atoms with van der Waals surface area (Å²) in [6.07, 6.45) is 1.55. The molecule has 0 radical (unpaired) electrons. The Morgan fingerprint density at radius 1 is 1.09 bits per heavy atom. The van der Waals surface area contributed by atoms with Gasteiger partial charge in [0.15, 0.2) is 11.5 Å². The Hall–Kier alpha value is -3.02. The maximum Gasteiger partial charge on any atom is 0.271 e. The average Bonchev–Trinajstić information content (AvgIpc) is 2.55. The zero-order chi connectivity index (χ0) is 15.4. The second kappa shape index (κ2) is 6.17. The lowest BCUT2D eigenvalue weighted by molar-refractivity contribution is 0.0955. The number of nitrogen functional groups attached to an aromatic ring is 1. The molecule has 0 aliphatic carbocycles. The monoisotopic (exact) mass is 297 g/mol. The van der Waals surface area contributed by atoms with E-state index in [9.17, 15) is 4.79 Å². The molecule has 112 valence electrons. The van der Waals surface area contributed by atoms with Gasteiger partial charge in [-0.3, -0.25) is 4.79 Å². The first-order valence-electron chi connectivity index (χ1n) is 6.81. The van der Waals surface area contributed by atoms with Gasteiger partial charge in [0, 0.05) is 11.3 Å². The van der Waals surface area contributed by atoms with Gasteiger partial charge in [0.05, 0.1) is 6.21 Å². The van der Waals surface area contributed by atoms with Gasteiger partial charge in [0.25, 0.3) is 5.91 Å². The van der Waals surface area contributed by atoms with Crippen LogP contribution in [0.5, 0.6) is 11.5 Å². The molecule has 0 unspecified atom stereocenters. The number of carbonyl (C=O) groups is 1. The zero-order valence-electron chi connectivity index (χ0n) is 11.8. The molecular formula is C16H15N3O3. The van der Waals surface area contributed by atoms with Crippen LogP contribution >= 0.6 is 0 Å². The number of nitrogens with zero attached hydrogens (tertiary/aromatic N) is 1. The number of nitrogens with one attached hydrogen (secondary N) is 1. The van der Waals surface area contributed by atoms with Crippen LogP contribution in [0.1, 0.15) is 15.9 Å². The molecule has 22 heavy (non-hydrogen) atoms. The van der Waals surface area contributed by atoms with Crippen molar-refractivity contribution in [1.82, 2.24) is 5.43 Å². The molecule has 0 spiro atoms. The molecule has 3 rings (SSSR count). The van der Waals surface area contributed by atoms with Crippen LogP contribution in [0.25, 0.3) is 0 Å². The quantitative estimate of drug-likeness (QED) is 0.514. The summed E-state index contributed by atoms with van der Waals surface area (Å²) in [5, 5.41) is 3.94. The summed E-state index contributed by atoms with van der Waals surface area (Å²) in [4.78, 5) is 11.9. The third-order valence-corrected chi connectivity index (χ3v) is 3.12. The number of benzene rings is 2. The van der Waals surface area contributed by atoms with Crippen molar-refractivity contribution in [2.75, 3.05) is 18.9 Å². The summed E-state index contributed by atoms with van der Waals surface area (Å²) in [5.41, 5.74) is 9.95. The Morgan fingerprint density at radius 3 is 2.59 bits per heavy atom. The minimum atomic E-state index is -0.297. The minimum Gasteiger partial charge on any atom is -0.486 e. The van der Waals surface area contributed by atoms with Crippen molar-refractivity contribution in [3.63, 3.8) is 0 Å². The van der Waals surface area contributed by atoms with Crippen molar-refractivity contribution >= 4 is 17.8 Å². The molecule has 1 aliphatic heterocycles. The topological polar surface area (TPSA) is 85.9 Å². The van der Waals surface area contributed by atoms with E-state index in [0.717, 1.165) is 5.56 Å². The molecule has 2 aromatic carbocycles. The number of ether oxygens (including phenoxy) is 2. The number of carbonyl (C=O) groups excluding carboxylic acids is 1. The molecule has 6 nitrogen and oxygen atoms in total. The van der Waals surface area contributed by atoms with Gasteiger partial charge in [0.1, 0.15) is 13.2 Å². The Bertz CT molecular complexity index is 711. The first kappa shape index (κ1) is 13.9. The van der Waals surface area contributed by atoms with Gasteiger partial charge in [-0.15, -0.1) is 0 Å². The van der Waals surface area contributed by atoms with E-state index < -0.39 is 0 Å². The van der Waals surface area contributed by atoms with E-state index in [4.69, 9.17) is 15.2 Å². The maximum atomic E-state index is 11.9. The molecule has 0 saturated carbocycles. The second-order valence-corrected chi connectivity index (χ2v) is 4.72. The van der Waals surface area contributed by atoms with Gasteiger partial charge < -0.3 is 15.2 Å². The summed E-state index contributed by atoms with van der Waals surface area (Å²) in [6, 6.07) is 12.1.